The fourth-order valence-corrected chi connectivity index (χ4v) is 1.69. The Hall–Kier alpha value is -2.74. The molecule has 3 rings (SSSR count). The van der Waals surface area contributed by atoms with Crippen molar-refractivity contribution in [1.29, 1.82) is 0 Å². The van der Waals surface area contributed by atoms with E-state index < -0.39 is 11.6 Å². The van der Waals surface area contributed by atoms with Crippen molar-refractivity contribution in [3.05, 3.63) is 48.4 Å². The first-order chi connectivity index (χ1) is 9.67. The number of fused-ring (bicyclic) bond motifs is 1. The van der Waals surface area contributed by atoms with Gasteiger partial charge < -0.3 is 10.2 Å². The highest BCUT2D eigenvalue weighted by molar-refractivity contribution is 5.54. The maximum Gasteiger partial charge on any atom is 0.265 e. The zero-order valence-corrected chi connectivity index (χ0v) is 10.0. The van der Waals surface area contributed by atoms with Crippen molar-refractivity contribution in [2.24, 2.45) is 5.84 Å². The first-order valence-corrected chi connectivity index (χ1v) is 5.60. The second-order valence-electron chi connectivity index (χ2n) is 3.91. The fourth-order valence-electron chi connectivity index (χ4n) is 1.69. The van der Waals surface area contributed by atoms with Gasteiger partial charge in [0, 0.05) is 18.5 Å². The summed E-state index contributed by atoms with van der Waals surface area (Å²) >= 11 is 0. The lowest BCUT2D eigenvalue weighted by molar-refractivity contribution is 0.450. The second kappa shape index (κ2) is 4.74. The van der Waals surface area contributed by atoms with Crippen molar-refractivity contribution in [3.63, 3.8) is 0 Å². The molecule has 8 heteroatoms. The molecule has 0 saturated heterocycles. The van der Waals surface area contributed by atoms with Crippen molar-refractivity contribution in [3.8, 4) is 11.6 Å². The summed E-state index contributed by atoms with van der Waals surface area (Å²) in [5.41, 5.74) is 2.81. The number of nitrogens with zero attached hydrogens (tertiary/aromatic N) is 3. The van der Waals surface area contributed by atoms with E-state index in [0.717, 1.165) is 12.1 Å². The van der Waals surface area contributed by atoms with Crippen molar-refractivity contribution in [2.45, 2.75) is 0 Å². The van der Waals surface area contributed by atoms with Crippen molar-refractivity contribution < 1.29 is 13.5 Å². The van der Waals surface area contributed by atoms with Gasteiger partial charge in [0.25, 0.3) is 5.88 Å². The van der Waals surface area contributed by atoms with Crippen LogP contribution in [0.3, 0.4) is 0 Å². The Morgan fingerprint density at radius 2 is 2.10 bits per heavy atom. The fraction of sp³-hybridized carbons (Fsp3) is 0. The molecular formula is C12H9F2N5O. The zero-order valence-electron chi connectivity index (χ0n) is 10.0. The van der Waals surface area contributed by atoms with E-state index in [2.05, 4.69) is 15.4 Å². The molecule has 0 aliphatic carbocycles. The minimum Gasteiger partial charge on any atom is -0.436 e. The summed E-state index contributed by atoms with van der Waals surface area (Å²) in [5, 5.41) is 0. The molecule has 0 aliphatic heterocycles. The number of anilines is 1. The number of nitrogens with two attached hydrogens (primary N) is 1. The summed E-state index contributed by atoms with van der Waals surface area (Å²) in [6, 6.07) is 3.19. The minimum absolute atomic E-state index is 0.107. The van der Waals surface area contributed by atoms with Crippen LogP contribution in [0.25, 0.3) is 5.65 Å². The Labute approximate surface area is 111 Å². The standard InChI is InChI=1S/C12H9F2N5O/c13-8-2-1-7(5-9(8)14)20-12-11-16-3-4-19(11)6-10(17-12)18-15/h1-6,18H,15H2. The van der Waals surface area contributed by atoms with Crippen LogP contribution in [0.2, 0.25) is 0 Å². The first-order valence-electron chi connectivity index (χ1n) is 5.60. The lowest BCUT2D eigenvalue weighted by Gasteiger charge is -2.08. The molecule has 0 spiro atoms. The molecule has 0 unspecified atom stereocenters. The molecule has 3 N–H and O–H groups in total. The summed E-state index contributed by atoms with van der Waals surface area (Å²) in [7, 11) is 0. The molecule has 0 aliphatic rings. The van der Waals surface area contributed by atoms with Gasteiger partial charge in [-0.05, 0) is 12.1 Å². The number of hydrogen-bond acceptors (Lipinski definition) is 5. The van der Waals surface area contributed by atoms with E-state index in [0.29, 0.717) is 11.5 Å². The average molecular weight is 277 g/mol. The number of ether oxygens (including phenoxy) is 1. The van der Waals surface area contributed by atoms with Gasteiger partial charge in [-0.25, -0.2) is 19.6 Å². The highest BCUT2D eigenvalue weighted by Gasteiger charge is 2.11. The molecule has 2 aromatic heterocycles. The Bertz CT molecular complexity index is 774. The number of nitrogens with one attached hydrogen (secondary N) is 1. The zero-order chi connectivity index (χ0) is 14.1. The SMILES string of the molecule is NNc1cn2ccnc2c(Oc2ccc(F)c(F)c2)n1. The van der Waals surface area contributed by atoms with Crippen LogP contribution in [0.15, 0.2) is 36.8 Å². The molecule has 6 nitrogen and oxygen atoms in total. The lowest BCUT2D eigenvalue weighted by atomic mass is 10.3. The maximum atomic E-state index is 13.2. The molecule has 20 heavy (non-hydrogen) atoms. The number of rotatable bonds is 3. The predicted octanol–water partition coefficient (Wildman–Crippen LogP) is 2.09. The van der Waals surface area contributed by atoms with Crippen LogP contribution in [-0.2, 0) is 0 Å². The van der Waals surface area contributed by atoms with Crippen molar-refractivity contribution in [1.82, 2.24) is 14.4 Å². The normalized spacial score (nSPS) is 10.8. The Balaban J connectivity index is 2.04. The van der Waals surface area contributed by atoms with E-state index in [1.165, 1.54) is 6.07 Å². The number of aromatic nitrogens is 3. The smallest absolute Gasteiger partial charge is 0.265 e. The number of hydrazine groups is 1. The van der Waals surface area contributed by atoms with E-state index in [-0.39, 0.29) is 11.6 Å². The highest BCUT2D eigenvalue weighted by Crippen LogP contribution is 2.25. The van der Waals surface area contributed by atoms with Gasteiger partial charge in [0.15, 0.2) is 17.5 Å². The molecule has 0 atom stereocenters. The van der Waals surface area contributed by atoms with Crippen LogP contribution < -0.4 is 16.0 Å². The van der Waals surface area contributed by atoms with Gasteiger partial charge in [-0.1, -0.05) is 0 Å². The third kappa shape index (κ3) is 2.12. The predicted molar refractivity (Wildman–Crippen MR) is 67.2 cm³/mol. The maximum absolute atomic E-state index is 13.2. The Morgan fingerprint density at radius 1 is 1.25 bits per heavy atom. The number of halogens is 2. The third-order valence-electron chi connectivity index (χ3n) is 2.60. The van der Waals surface area contributed by atoms with Gasteiger partial charge >= 0.3 is 0 Å². The van der Waals surface area contributed by atoms with Crippen molar-refractivity contribution >= 4 is 11.5 Å². The van der Waals surface area contributed by atoms with Crippen molar-refractivity contribution in [2.75, 3.05) is 5.43 Å². The largest absolute Gasteiger partial charge is 0.436 e. The summed E-state index contributed by atoms with van der Waals surface area (Å²) in [6.45, 7) is 0. The minimum atomic E-state index is -1.00. The van der Waals surface area contributed by atoms with Crippen LogP contribution in [0, 0.1) is 11.6 Å². The molecule has 102 valence electrons. The van der Waals surface area contributed by atoms with Crippen LogP contribution in [-0.4, -0.2) is 14.4 Å². The van der Waals surface area contributed by atoms with E-state index in [4.69, 9.17) is 10.6 Å². The first kappa shape index (κ1) is 12.3. The van der Waals surface area contributed by atoms with E-state index in [1.54, 1.807) is 23.0 Å². The lowest BCUT2D eigenvalue weighted by Crippen LogP contribution is -2.10. The van der Waals surface area contributed by atoms with Gasteiger partial charge in [-0.2, -0.15) is 4.98 Å². The Morgan fingerprint density at radius 3 is 2.85 bits per heavy atom. The number of hydrogen-bond donors (Lipinski definition) is 2. The second-order valence-corrected chi connectivity index (χ2v) is 3.91. The van der Waals surface area contributed by atoms with Crippen LogP contribution in [0.4, 0.5) is 14.6 Å². The van der Waals surface area contributed by atoms with Gasteiger partial charge in [0.1, 0.15) is 5.75 Å². The van der Waals surface area contributed by atoms with Crippen LogP contribution >= 0.6 is 0 Å². The molecular weight excluding hydrogens is 268 g/mol. The van der Waals surface area contributed by atoms with Gasteiger partial charge in [-0.3, -0.25) is 4.40 Å². The highest BCUT2D eigenvalue weighted by atomic mass is 19.2. The topological polar surface area (TPSA) is 77.5 Å². The summed E-state index contributed by atoms with van der Waals surface area (Å²) in [4.78, 5) is 8.15. The number of benzene rings is 1. The molecule has 3 aromatic rings. The van der Waals surface area contributed by atoms with Crippen LogP contribution in [0.1, 0.15) is 0 Å². The summed E-state index contributed by atoms with van der Waals surface area (Å²) in [6.07, 6.45) is 4.84. The monoisotopic (exact) mass is 277 g/mol. The molecule has 2 heterocycles. The quantitative estimate of drug-likeness (QED) is 0.566. The van der Waals surface area contributed by atoms with E-state index in [1.807, 2.05) is 0 Å². The Kier molecular flexibility index (Phi) is 2.92. The summed E-state index contributed by atoms with van der Waals surface area (Å²) in [5.74, 6) is 3.92. The molecule has 0 amide bonds. The van der Waals surface area contributed by atoms with Gasteiger partial charge in [0.05, 0.1) is 6.20 Å². The van der Waals surface area contributed by atoms with E-state index in [9.17, 15) is 8.78 Å². The average Bonchev–Trinajstić information content (AvgIpc) is 2.91. The van der Waals surface area contributed by atoms with Crippen LogP contribution in [0.5, 0.6) is 11.6 Å². The number of imidazole rings is 1. The summed E-state index contributed by atoms with van der Waals surface area (Å²) < 4.78 is 33.1. The molecule has 0 bridgehead atoms. The molecule has 0 fully saturated rings. The van der Waals surface area contributed by atoms with E-state index >= 15 is 0 Å². The van der Waals surface area contributed by atoms with Gasteiger partial charge in [-0.15, -0.1) is 0 Å². The molecule has 1 aromatic carbocycles. The molecule has 0 saturated carbocycles. The van der Waals surface area contributed by atoms with Gasteiger partial charge in [0.2, 0.25) is 5.65 Å². The number of nitrogen functional groups attached to an aromatic ring is 1. The third-order valence-corrected chi connectivity index (χ3v) is 2.60. The molecule has 0 radical (unpaired) electrons.